The molecule has 3 nitrogen and oxygen atoms in total. The number of benzene rings is 2. The number of carbonyl (C=O) groups excluding carboxylic acids is 1. The van der Waals surface area contributed by atoms with Gasteiger partial charge in [-0.15, -0.1) is 0 Å². The first-order chi connectivity index (χ1) is 11.7. The average Bonchev–Trinajstić information content (AvgIpc) is 2.87. The first-order valence-electron chi connectivity index (χ1n) is 7.82. The van der Waals surface area contributed by atoms with Crippen molar-refractivity contribution in [1.82, 2.24) is 0 Å². The Balaban J connectivity index is 1.90. The second kappa shape index (κ2) is 6.66. The molecule has 128 valence electrons. The number of hydrogen-bond donors (Lipinski definition) is 0. The second-order valence-corrected chi connectivity index (χ2v) is 7.68. The molecule has 5 heteroatoms. The van der Waals surface area contributed by atoms with Crippen LogP contribution in [0.1, 0.15) is 37.5 Å². The maximum Gasteiger partial charge on any atom is 0.363 e. The number of rotatable bonds is 2. The molecule has 0 aliphatic carbocycles. The Morgan fingerprint density at radius 2 is 1.72 bits per heavy atom. The molecule has 0 spiro atoms. The van der Waals surface area contributed by atoms with Gasteiger partial charge in [-0.25, -0.2) is 9.79 Å². The molecular weight excluding hydrogens is 357 g/mol. The number of aliphatic imine (C=N–C) groups is 1. The Kier molecular flexibility index (Phi) is 4.72. The summed E-state index contributed by atoms with van der Waals surface area (Å²) in [6, 6.07) is 13.0. The summed E-state index contributed by atoms with van der Waals surface area (Å²) >= 11 is 12.0. The van der Waals surface area contributed by atoms with Crippen LogP contribution in [0, 0.1) is 0 Å². The lowest BCUT2D eigenvalue weighted by Gasteiger charge is -2.18. The van der Waals surface area contributed by atoms with Gasteiger partial charge in [0.1, 0.15) is 0 Å². The van der Waals surface area contributed by atoms with Crippen LogP contribution >= 0.6 is 23.2 Å². The third-order valence-electron chi connectivity index (χ3n) is 3.86. The number of cyclic esters (lactones) is 1. The van der Waals surface area contributed by atoms with Crippen molar-refractivity contribution in [2.45, 2.75) is 26.2 Å². The van der Waals surface area contributed by atoms with Gasteiger partial charge in [0.2, 0.25) is 5.90 Å². The zero-order chi connectivity index (χ0) is 18.2. The first-order valence-corrected chi connectivity index (χ1v) is 8.58. The van der Waals surface area contributed by atoms with Crippen LogP contribution in [0.3, 0.4) is 0 Å². The largest absolute Gasteiger partial charge is 0.402 e. The van der Waals surface area contributed by atoms with Crippen molar-refractivity contribution in [2.75, 3.05) is 0 Å². The van der Waals surface area contributed by atoms with Gasteiger partial charge in [-0.3, -0.25) is 0 Å². The van der Waals surface area contributed by atoms with Crippen LogP contribution in [0.2, 0.25) is 10.0 Å². The van der Waals surface area contributed by atoms with E-state index >= 15 is 0 Å². The second-order valence-electron chi connectivity index (χ2n) is 6.83. The Hall–Kier alpha value is -2.10. The van der Waals surface area contributed by atoms with Gasteiger partial charge < -0.3 is 4.74 Å². The van der Waals surface area contributed by atoms with Gasteiger partial charge in [0.25, 0.3) is 0 Å². The highest BCUT2D eigenvalue weighted by atomic mass is 35.5. The van der Waals surface area contributed by atoms with Crippen molar-refractivity contribution in [3.63, 3.8) is 0 Å². The molecule has 0 atom stereocenters. The van der Waals surface area contributed by atoms with Gasteiger partial charge in [0.15, 0.2) is 5.70 Å². The minimum Gasteiger partial charge on any atom is -0.402 e. The number of ether oxygens (including phenoxy) is 1. The maximum atomic E-state index is 12.1. The van der Waals surface area contributed by atoms with Crippen LogP contribution < -0.4 is 0 Å². The number of carbonyl (C=O) groups is 1. The number of esters is 1. The predicted octanol–water partition coefficient (Wildman–Crippen LogP) is 5.64. The summed E-state index contributed by atoms with van der Waals surface area (Å²) in [5.74, 6) is -0.315. The van der Waals surface area contributed by atoms with E-state index in [1.807, 2.05) is 24.3 Å². The molecule has 0 saturated heterocycles. The smallest absolute Gasteiger partial charge is 0.363 e. The molecule has 0 saturated carbocycles. The fourth-order valence-corrected chi connectivity index (χ4v) is 2.91. The van der Waals surface area contributed by atoms with Gasteiger partial charge in [0, 0.05) is 5.02 Å². The fraction of sp³-hybridized carbons (Fsp3) is 0.200. The van der Waals surface area contributed by atoms with Crippen molar-refractivity contribution in [3.8, 4) is 0 Å². The molecule has 1 aliphatic heterocycles. The van der Waals surface area contributed by atoms with E-state index in [1.165, 1.54) is 5.56 Å². The molecule has 3 rings (SSSR count). The SMILES string of the molecule is CC(C)(C)c1ccc(/C=C2/N=C(c3ccc(Cl)cc3Cl)OC2=O)cc1. The minimum atomic E-state index is -0.499. The monoisotopic (exact) mass is 373 g/mol. The maximum absolute atomic E-state index is 12.1. The average molecular weight is 374 g/mol. The molecule has 0 bridgehead atoms. The lowest BCUT2D eigenvalue weighted by molar-refractivity contribution is -0.129. The number of hydrogen-bond acceptors (Lipinski definition) is 3. The molecule has 0 fully saturated rings. The number of halogens is 2. The zero-order valence-electron chi connectivity index (χ0n) is 14.1. The summed E-state index contributed by atoms with van der Waals surface area (Å²) in [5, 5.41) is 0.892. The molecular formula is C20H17Cl2NO2. The first kappa shape index (κ1) is 17.7. The van der Waals surface area contributed by atoms with E-state index in [9.17, 15) is 4.79 Å². The Bertz CT molecular complexity index is 891. The van der Waals surface area contributed by atoms with E-state index in [0.29, 0.717) is 15.6 Å². The Labute approximate surface area is 156 Å². The lowest BCUT2D eigenvalue weighted by Crippen LogP contribution is -2.10. The summed E-state index contributed by atoms with van der Waals surface area (Å²) in [6.07, 6.45) is 1.70. The summed E-state index contributed by atoms with van der Waals surface area (Å²) in [7, 11) is 0. The molecule has 25 heavy (non-hydrogen) atoms. The topological polar surface area (TPSA) is 38.7 Å². The van der Waals surface area contributed by atoms with Gasteiger partial charge in [-0.2, -0.15) is 0 Å². The highest BCUT2D eigenvalue weighted by Crippen LogP contribution is 2.27. The minimum absolute atomic E-state index is 0.0780. The van der Waals surface area contributed by atoms with Crippen LogP contribution in [0.25, 0.3) is 6.08 Å². The third-order valence-corrected chi connectivity index (χ3v) is 4.41. The molecule has 0 amide bonds. The summed E-state index contributed by atoms with van der Waals surface area (Å²) in [4.78, 5) is 16.4. The van der Waals surface area contributed by atoms with E-state index in [-0.39, 0.29) is 17.0 Å². The standard InChI is InChI=1S/C20H17Cl2NO2/c1-20(2,3)13-6-4-12(5-7-13)10-17-19(24)25-18(23-17)15-9-8-14(21)11-16(15)22/h4-11H,1-3H3/b17-10+. The molecule has 0 unspecified atom stereocenters. The van der Waals surface area contributed by atoms with Gasteiger partial charge >= 0.3 is 5.97 Å². The van der Waals surface area contributed by atoms with Crippen molar-refractivity contribution >= 4 is 41.1 Å². The van der Waals surface area contributed by atoms with Gasteiger partial charge in [-0.05, 0) is 40.8 Å². The van der Waals surface area contributed by atoms with E-state index in [1.54, 1.807) is 24.3 Å². The number of nitrogens with zero attached hydrogens (tertiary/aromatic N) is 1. The third kappa shape index (κ3) is 3.94. The van der Waals surface area contributed by atoms with E-state index in [4.69, 9.17) is 27.9 Å². The van der Waals surface area contributed by atoms with E-state index in [2.05, 4.69) is 25.8 Å². The molecule has 1 aliphatic rings. The van der Waals surface area contributed by atoms with Crippen LogP contribution in [0.15, 0.2) is 53.2 Å². The summed E-state index contributed by atoms with van der Waals surface area (Å²) < 4.78 is 5.25. The van der Waals surface area contributed by atoms with Gasteiger partial charge in [0.05, 0.1) is 10.6 Å². The molecule has 0 N–H and O–H groups in total. The van der Waals surface area contributed by atoms with Crippen molar-refractivity contribution in [1.29, 1.82) is 0 Å². The highest BCUT2D eigenvalue weighted by molar-refractivity contribution is 6.37. The van der Waals surface area contributed by atoms with Gasteiger partial charge in [-0.1, -0.05) is 68.2 Å². The van der Waals surface area contributed by atoms with Crippen molar-refractivity contribution in [2.24, 2.45) is 4.99 Å². The Morgan fingerprint density at radius 3 is 2.32 bits per heavy atom. The van der Waals surface area contributed by atoms with Crippen molar-refractivity contribution < 1.29 is 9.53 Å². The van der Waals surface area contributed by atoms with Crippen LogP contribution in [-0.4, -0.2) is 11.9 Å². The molecule has 1 heterocycles. The zero-order valence-corrected chi connectivity index (χ0v) is 15.7. The highest BCUT2D eigenvalue weighted by Gasteiger charge is 2.25. The summed E-state index contributed by atoms with van der Waals surface area (Å²) in [5.41, 5.74) is 2.96. The Morgan fingerprint density at radius 1 is 1.04 bits per heavy atom. The fourth-order valence-electron chi connectivity index (χ4n) is 2.42. The van der Waals surface area contributed by atoms with E-state index < -0.39 is 5.97 Å². The van der Waals surface area contributed by atoms with Crippen LogP contribution in [-0.2, 0) is 14.9 Å². The molecule has 2 aromatic carbocycles. The molecule has 2 aromatic rings. The van der Waals surface area contributed by atoms with Crippen molar-refractivity contribution in [3.05, 3.63) is 74.9 Å². The normalized spacial score (nSPS) is 16.1. The van der Waals surface area contributed by atoms with E-state index in [0.717, 1.165) is 5.56 Å². The molecule has 0 radical (unpaired) electrons. The van der Waals surface area contributed by atoms with Crippen LogP contribution in [0.4, 0.5) is 0 Å². The quantitative estimate of drug-likeness (QED) is 0.504. The summed E-state index contributed by atoms with van der Waals surface area (Å²) in [6.45, 7) is 6.46. The predicted molar refractivity (Wildman–Crippen MR) is 102 cm³/mol. The lowest BCUT2D eigenvalue weighted by atomic mass is 9.87. The molecule has 0 aromatic heterocycles. The van der Waals surface area contributed by atoms with Crippen LogP contribution in [0.5, 0.6) is 0 Å².